The number of nitrogens with one attached hydrogen (secondary N) is 1. The van der Waals surface area contributed by atoms with Crippen molar-refractivity contribution in [2.75, 3.05) is 6.54 Å². The first-order chi connectivity index (χ1) is 6.42. The Bertz CT molecular complexity index is 175. The van der Waals surface area contributed by atoms with Gasteiger partial charge in [0, 0.05) is 12.1 Å². The molecule has 2 N–H and O–H groups in total. The first-order valence-corrected chi connectivity index (χ1v) is 5.89. The van der Waals surface area contributed by atoms with Crippen molar-refractivity contribution in [1.29, 1.82) is 0 Å². The SMILES string of the molecule is CCC1(NCC(C)(O)C(C)C)CCC1. The molecule has 84 valence electrons. The smallest absolute Gasteiger partial charge is 0.0766 e. The Balaban J connectivity index is 2.39. The Labute approximate surface area is 88.1 Å². The average molecular weight is 199 g/mol. The van der Waals surface area contributed by atoms with Gasteiger partial charge in [-0.25, -0.2) is 0 Å². The highest BCUT2D eigenvalue weighted by atomic mass is 16.3. The highest BCUT2D eigenvalue weighted by molar-refractivity contribution is 4.96. The highest BCUT2D eigenvalue weighted by Gasteiger charge is 2.37. The number of aliphatic hydroxyl groups is 1. The minimum Gasteiger partial charge on any atom is -0.389 e. The van der Waals surface area contributed by atoms with Gasteiger partial charge in [-0.3, -0.25) is 0 Å². The van der Waals surface area contributed by atoms with Crippen LogP contribution >= 0.6 is 0 Å². The number of rotatable bonds is 5. The normalized spacial score (nSPS) is 24.4. The third-order valence-electron chi connectivity index (χ3n) is 4.05. The summed E-state index contributed by atoms with van der Waals surface area (Å²) in [5.74, 6) is 0.309. The van der Waals surface area contributed by atoms with Gasteiger partial charge in [-0.05, 0) is 38.5 Å². The van der Waals surface area contributed by atoms with Crippen molar-refractivity contribution in [2.24, 2.45) is 5.92 Å². The molecule has 1 rings (SSSR count). The summed E-state index contributed by atoms with van der Waals surface area (Å²) >= 11 is 0. The van der Waals surface area contributed by atoms with Crippen LogP contribution in [0, 0.1) is 5.92 Å². The van der Waals surface area contributed by atoms with Crippen LogP contribution in [-0.4, -0.2) is 22.8 Å². The molecule has 1 atom stereocenters. The molecular formula is C12H25NO. The van der Waals surface area contributed by atoms with E-state index in [0.717, 1.165) is 6.54 Å². The Morgan fingerprint density at radius 1 is 1.43 bits per heavy atom. The molecule has 0 heterocycles. The second kappa shape index (κ2) is 4.19. The zero-order valence-corrected chi connectivity index (χ0v) is 10.1. The van der Waals surface area contributed by atoms with Crippen LogP contribution in [0.4, 0.5) is 0 Å². The van der Waals surface area contributed by atoms with Gasteiger partial charge in [-0.1, -0.05) is 20.8 Å². The summed E-state index contributed by atoms with van der Waals surface area (Å²) in [6, 6.07) is 0. The summed E-state index contributed by atoms with van der Waals surface area (Å²) in [4.78, 5) is 0. The zero-order valence-electron chi connectivity index (χ0n) is 10.1. The molecule has 0 spiro atoms. The molecule has 0 radical (unpaired) electrons. The fourth-order valence-corrected chi connectivity index (χ4v) is 1.83. The van der Waals surface area contributed by atoms with Crippen LogP contribution in [0.1, 0.15) is 53.4 Å². The van der Waals surface area contributed by atoms with Crippen molar-refractivity contribution in [2.45, 2.75) is 64.5 Å². The van der Waals surface area contributed by atoms with E-state index in [4.69, 9.17) is 0 Å². The Kier molecular flexibility index (Phi) is 3.59. The summed E-state index contributed by atoms with van der Waals surface area (Å²) < 4.78 is 0. The Hall–Kier alpha value is -0.0800. The molecule has 1 saturated carbocycles. The molecule has 0 amide bonds. The Morgan fingerprint density at radius 3 is 2.29 bits per heavy atom. The summed E-state index contributed by atoms with van der Waals surface area (Å²) in [6.07, 6.45) is 5.07. The van der Waals surface area contributed by atoms with Crippen LogP contribution in [0.15, 0.2) is 0 Å². The molecule has 1 unspecified atom stereocenters. The quantitative estimate of drug-likeness (QED) is 0.712. The molecule has 0 aliphatic heterocycles. The molecule has 0 aromatic heterocycles. The third kappa shape index (κ3) is 2.48. The molecule has 0 bridgehead atoms. The van der Waals surface area contributed by atoms with E-state index in [2.05, 4.69) is 26.1 Å². The van der Waals surface area contributed by atoms with Crippen LogP contribution < -0.4 is 5.32 Å². The maximum atomic E-state index is 10.1. The van der Waals surface area contributed by atoms with E-state index in [1.165, 1.54) is 25.7 Å². The maximum absolute atomic E-state index is 10.1. The molecule has 0 saturated heterocycles. The van der Waals surface area contributed by atoms with Gasteiger partial charge >= 0.3 is 0 Å². The average Bonchev–Trinajstić information content (AvgIpc) is 2.02. The van der Waals surface area contributed by atoms with Crippen LogP contribution in [0.3, 0.4) is 0 Å². The first-order valence-electron chi connectivity index (χ1n) is 5.89. The molecule has 1 fully saturated rings. The van der Waals surface area contributed by atoms with Crippen LogP contribution in [0.25, 0.3) is 0 Å². The van der Waals surface area contributed by atoms with E-state index in [1.54, 1.807) is 0 Å². The molecule has 1 aliphatic rings. The van der Waals surface area contributed by atoms with Crippen molar-refractivity contribution in [3.63, 3.8) is 0 Å². The lowest BCUT2D eigenvalue weighted by Crippen LogP contribution is -2.56. The van der Waals surface area contributed by atoms with E-state index < -0.39 is 5.60 Å². The summed E-state index contributed by atoms with van der Waals surface area (Å²) in [7, 11) is 0. The highest BCUT2D eigenvalue weighted by Crippen LogP contribution is 2.35. The second-order valence-corrected chi connectivity index (χ2v) is 5.35. The first kappa shape index (κ1) is 12.0. The van der Waals surface area contributed by atoms with Crippen LogP contribution in [0.2, 0.25) is 0 Å². The maximum Gasteiger partial charge on any atom is 0.0766 e. The van der Waals surface area contributed by atoms with Crippen molar-refractivity contribution >= 4 is 0 Å². The molecule has 2 nitrogen and oxygen atoms in total. The minimum absolute atomic E-state index is 0.309. The van der Waals surface area contributed by atoms with E-state index in [-0.39, 0.29) is 0 Å². The van der Waals surface area contributed by atoms with Crippen molar-refractivity contribution in [3.05, 3.63) is 0 Å². The third-order valence-corrected chi connectivity index (χ3v) is 4.05. The van der Waals surface area contributed by atoms with E-state index >= 15 is 0 Å². The van der Waals surface area contributed by atoms with Crippen molar-refractivity contribution < 1.29 is 5.11 Å². The molecule has 0 aromatic rings. The van der Waals surface area contributed by atoms with Gasteiger partial charge in [0.1, 0.15) is 0 Å². The summed E-state index contributed by atoms with van der Waals surface area (Å²) in [6.45, 7) is 9.02. The number of hydrogen-bond acceptors (Lipinski definition) is 2. The minimum atomic E-state index is -0.572. The zero-order chi connectivity index (χ0) is 10.8. The number of β-amino-alcohol motifs (C(OH)–C–C–N with tert-alkyl or cyclic N) is 1. The fraction of sp³-hybridized carbons (Fsp3) is 1.00. The standard InChI is InChI=1S/C12H25NO/c1-5-12(7-6-8-12)13-9-11(4,14)10(2)3/h10,13-14H,5-9H2,1-4H3. The van der Waals surface area contributed by atoms with Gasteiger partial charge in [0.15, 0.2) is 0 Å². The monoisotopic (exact) mass is 199 g/mol. The Morgan fingerprint density at radius 2 is 2.00 bits per heavy atom. The van der Waals surface area contributed by atoms with Gasteiger partial charge in [0.05, 0.1) is 5.60 Å². The van der Waals surface area contributed by atoms with Gasteiger partial charge in [0.25, 0.3) is 0 Å². The molecule has 2 heteroatoms. The summed E-state index contributed by atoms with van der Waals surface area (Å²) in [5.41, 5.74) is -0.226. The van der Waals surface area contributed by atoms with E-state index in [9.17, 15) is 5.11 Å². The molecule has 14 heavy (non-hydrogen) atoms. The topological polar surface area (TPSA) is 32.3 Å². The van der Waals surface area contributed by atoms with Gasteiger partial charge < -0.3 is 10.4 Å². The van der Waals surface area contributed by atoms with Gasteiger partial charge in [-0.2, -0.15) is 0 Å². The molecule has 1 aliphatic carbocycles. The summed E-state index contributed by atoms with van der Waals surface area (Å²) in [5, 5.41) is 13.7. The van der Waals surface area contributed by atoms with E-state index in [1.807, 2.05) is 6.92 Å². The lowest BCUT2D eigenvalue weighted by atomic mass is 9.74. The number of hydrogen-bond donors (Lipinski definition) is 2. The lowest BCUT2D eigenvalue weighted by molar-refractivity contribution is -0.000617. The van der Waals surface area contributed by atoms with Gasteiger partial charge in [0.2, 0.25) is 0 Å². The predicted octanol–water partition coefficient (Wildman–Crippen LogP) is 2.32. The van der Waals surface area contributed by atoms with Crippen LogP contribution in [-0.2, 0) is 0 Å². The van der Waals surface area contributed by atoms with Crippen molar-refractivity contribution in [3.8, 4) is 0 Å². The molecule has 0 aromatic carbocycles. The lowest BCUT2D eigenvalue weighted by Gasteiger charge is -2.44. The van der Waals surface area contributed by atoms with Crippen molar-refractivity contribution in [1.82, 2.24) is 5.32 Å². The molecular weight excluding hydrogens is 174 g/mol. The van der Waals surface area contributed by atoms with E-state index in [0.29, 0.717) is 11.5 Å². The van der Waals surface area contributed by atoms with Crippen LogP contribution in [0.5, 0.6) is 0 Å². The second-order valence-electron chi connectivity index (χ2n) is 5.35. The fourth-order valence-electron chi connectivity index (χ4n) is 1.83. The van der Waals surface area contributed by atoms with Gasteiger partial charge in [-0.15, -0.1) is 0 Å². The largest absolute Gasteiger partial charge is 0.389 e. The predicted molar refractivity (Wildman–Crippen MR) is 60.3 cm³/mol.